The van der Waals surface area contributed by atoms with E-state index in [0.717, 1.165) is 53.7 Å². The van der Waals surface area contributed by atoms with Gasteiger partial charge in [0.05, 0.1) is 17.8 Å². The number of nitrogens with one attached hydrogen (secondary N) is 1. The van der Waals surface area contributed by atoms with Crippen molar-refractivity contribution in [2.24, 2.45) is 0 Å². The third kappa shape index (κ3) is 3.64. The number of hydrogen-bond donors (Lipinski definition) is 1. The SMILES string of the molecule is CC[C@@H]1CCc2nnc(-c3cccc(N4Cc5c(cc(N(C)C(C)C)nc5CNC)C4=O)n3)n21. The summed E-state index contributed by atoms with van der Waals surface area (Å²) in [6, 6.07) is 8.36. The third-order valence-electron chi connectivity index (χ3n) is 7.01. The monoisotopic (exact) mass is 460 g/mol. The maximum atomic E-state index is 13.6. The highest BCUT2D eigenvalue weighted by molar-refractivity contribution is 6.10. The summed E-state index contributed by atoms with van der Waals surface area (Å²) in [7, 11) is 3.90. The molecule has 0 unspecified atom stereocenters. The van der Waals surface area contributed by atoms with Gasteiger partial charge in [0.15, 0.2) is 5.82 Å². The van der Waals surface area contributed by atoms with E-state index in [2.05, 4.69) is 45.8 Å². The molecular weight excluding hydrogens is 428 g/mol. The van der Waals surface area contributed by atoms with Crippen LogP contribution in [0.5, 0.6) is 0 Å². The summed E-state index contributed by atoms with van der Waals surface area (Å²) in [4.78, 5) is 27.1. The van der Waals surface area contributed by atoms with Crippen LogP contribution in [0.1, 0.15) is 67.1 Å². The number of hydrogen-bond acceptors (Lipinski definition) is 7. The molecule has 0 bridgehead atoms. The first-order valence-electron chi connectivity index (χ1n) is 12.1. The van der Waals surface area contributed by atoms with E-state index in [4.69, 9.17) is 9.97 Å². The average Bonchev–Trinajstić information content (AvgIpc) is 3.53. The van der Waals surface area contributed by atoms with Gasteiger partial charge in [-0.2, -0.15) is 0 Å². The van der Waals surface area contributed by atoms with Gasteiger partial charge in [-0.3, -0.25) is 9.69 Å². The second-order valence-corrected chi connectivity index (χ2v) is 9.37. The Bertz CT molecular complexity index is 1230. The quantitative estimate of drug-likeness (QED) is 0.578. The molecule has 0 saturated carbocycles. The van der Waals surface area contributed by atoms with Gasteiger partial charge < -0.3 is 14.8 Å². The lowest BCUT2D eigenvalue weighted by molar-refractivity contribution is 0.0996. The van der Waals surface area contributed by atoms with E-state index in [1.165, 1.54) is 0 Å². The minimum Gasteiger partial charge on any atom is -0.357 e. The standard InChI is InChI=1S/C25H32N8O/c1-6-16-10-11-22-29-30-24(33(16)22)19-8-7-9-21(27-19)32-14-18-17(25(32)34)12-23(31(5)15(2)3)28-20(18)13-26-4/h7-9,12,15-16,26H,6,10-11,13-14H2,1-5H3/t16-/m1/s1. The number of pyridine rings is 2. The highest BCUT2D eigenvalue weighted by Gasteiger charge is 2.34. The van der Waals surface area contributed by atoms with Crippen LogP contribution in [0.3, 0.4) is 0 Å². The molecule has 5 rings (SSSR count). The molecule has 0 saturated heterocycles. The largest absolute Gasteiger partial charge is 0.357 e. The molecule has 3 aromatic heterocycles. The first kappa shape index (κ1) is 22.5. The number of carbonyl (C=O) groups excluding carboxylic acids is 1. The Labute approximate surface area is 200 Å². The number of rotatable bonds is 7. The van der Waals surface area contributed by atoms with Crippen molar-refractivity contribution in [3.63, 3.8) is 0 Å². The van der Waals surface area contributed by atoms with Crippen molar-refractivity contribution >= 4 is 17.5 Å². The molecule has 9 heteroatoms. The summed E-state index contributed by atoms with van der Waals surface area (Å²) in [5.74, 6) is 3.18. The molecule has 9 nitrogen and oxygen atoms in total. The smallest absolute Gasteiger partial charge is 0.260 e. The van der Waals surface area contributed by atoms with Crippen LogP contribution in [-0.4, -0.2) is 50.8 Å². The van der Waals surface area contributed by atoms with Crippen molar-refractivity contribution in [3.05, 3.63) is 46.9 Å². The fraction of sp³-hybridized carbons (Fsp3) is 0.480. The number of nitrogens with zero attached hydrogens (tertiary/aromatic N) is 7. The number of aromatic nitrogens is 5. The van der Waals surface area contributed by atoms with E-state index >= 15 is 0 Å². The van der Waals surface area contributed by atoms with E-state index in [1.54, 1.807) is 4.90 Å². The van der Waals surface area contributed by atoms with Crippen molar-refractivity contribution in [1.29, 1.82) is 0 Å². The summed E-state index contributed by atoms with van der Waals surface area (Å²) in [5, 5.41) is 12.0. The Morgan fingerprint density at radius 3 is 2.79 bits per heavy atom. The fourth-order valence-electron chi connectivity index (χ4n) is 4.86. The molecule has 1 N–H and O–H groups in total. The molecular formula is C25H32N8O. The predicted octanol–water partition coefficient (Wildman–Crippen LogP) is 3.36. The third-order valence-corrected chi connectivity index (χ3v) is 7.01. The van der Waals surface area contributed by atoms with E-state index in [0.29, 0.717) is 30.5 Å². The van der Waals surface area contributed by atoms with Crippen LogP contribution in [0, 0.1) is 0 Å². The van der Waals surface area contributed by atoms with Crippen molar-refractivity contribution < 1.29 is 4.79 Å². The van der Waals surface area contributed by atoms with Gasteiger partial charge in [0.25, 0.3) is 5.91 Å². The van der Waals surface area contributed by atoms with Gasteiger partial charge in [0.2, 0.25) is 0 Å². The Morgan fingerprint density at radius 2 is 2.06 bits per heavy atom. The summed E-state index contributed by atoms with van der Waals surface area (Å²) in [5.41, 5.74) is 3.30. The fourth-order valence-corrected chi connectivity index (χ4v) is 4.86. The van der Waals surface area contributed by atoms with Gasteiger partial charge in [-0.1, -0.05) is 13.0 Å². The molecule has 1 atom stereocenters. The second kappa shape index (κ2) is 8.79. The molecule has 34 heavy (non-hydrogen) atoms. The normalized spacial score (nSPS) is 16.9. The first-order valence-corrected chi connectivity index (χ1v) is 12.1. The molecule has 178 valence electrons. The van der Waals surface area contributed by atoms with Gasteiger partial charge in [-0.15, -0.1) is 10.2 Å². The van der Waals surface area contributed by atoms with Crippen molar-refractivity contribution in [2.75, 3.05) is 23.9 Å². The lowest BCUT2D eigenvalue weighted by atomic mass is 10.1. The number of aryl methyl sites for hydroxylation is 1. The summed E-state index contributed by atoms with van der Waals surface area (Å²) < 4.78 is 2.22. The average molecular weight is 461 g/mol. The van der Waals surface area contributed by atoms with E-state index in [9.17, 15) is 4.79 Å². The first-order chi connectivity index (χ1) is 16.4. The minimum absolute atomic E-state index is 0.0456. The summed E-state index contributed by atoms with van der Waals surface area (Å²) in [6.45, 7) is 7.47. The molecule has 5 heterocycles. The van der Waals surface area contributed by atoms with E-state index in [1.807, 2.05) is 38.4 Å². The van der Waals surface area contributed by atoms with Crippen LogP contribution in [0.15, 0.2) is 24.3 Å². The highest BCUT2D eigenvalue weighted by Crippen LogP contribution is 2.35. The zero-order chi connectivity index (χ0) is 24.0. The van der Waals surface area contributed by atoms with Gasteiger partial charge >= 0.3 is 0 Å². The van der Waals surface area contributed by atoms with E-state index < -0.39 is 0 Å². The zero-order valence-corrected chi connectivity index (χ0v) is 20.5. The molecule has 1 amide bonds. The van der Waals surface area contributed by atoms with Crippen LogP contribution >= 0.6 is 0 Å². The minimum atomic E-state index is -0.0456. The molecule has 0 spiro atoms. The van der Waals surface area contributed by atoms with Crippen molar-refractivity contribution in [3.8, 4) is 11.5 Å². The number of amides is 1. The van der Waals surface area contributed by atoms with Crippen LogP contribution < -0.4 is 15.1 Å². The molecule has 0 fully saturated rings. The Morgan fingerprint density at radius 1 is 1.24 bits per heavy atom. The van der Waals surface area contributed by atoms with Gasteiger partial charge in [-0.25, -0.2) is 9.97 Å². The molecule has 2 aliphatic heterocycles. The van der Waals surface area contributed by atoms with Crippen LogP contribution in [0.25, 0.3) is 11.5 Å². The van der Waals surface area contributed by atoms with Gasteiger partial charge in [0, 0.05) is 37.7 Å². The molecule has 2 aliphatic rings. The van der Waals surface area contributed by atoms with Crippen LogP contribution in [-0.2, 0) is 19.5 Å². The van der Waals surface area contributed by atoms with Crippen molar-refractivity contribution in [1.82, 2.24) is 30.0 Å². The van der Waals surface area contributed by atoms with Gasteiger partial charge in [0.1, 0.15) is 23.2 Å². The highest BCUT2D eigenvalue weighted by atomic mass is 16.2. The maximum Gasteiger partial charge on any atom is 0.260 e. The number of fused-ring (bicyclic) bond motifs is 2. The lowest BCUT2D eigenvalue weighted by Gasteiger charge is -2.24. The second-order valence-electron chi connectivity index (χ2n) is 9.37. The Hall–Kier alpha value is -3.33. The van der Waals surface area contributed by atoms with E-state index in [-0.39, 0.29) is 11.9 Å². The lowest BCUT2D eigenvalue weighted by Crippen LogP contribution is -2.27. The Balaban J connectivity index is 1.51. The molecule has 0 aromatic carbocycles. The number of anilines is 2. The molecule has 3 aromatic rings. The predicted molar refractivity (Wildman–Crippen MR) is 132 cm³/mol. The summed E-state index contributed by atoms with van der Waals surface area (Å²) >= 11 is 0. The molecule has 0 aliphatic carbocycles. The van der Waals surface area contributed by atoms with Crippen molar-refractivity contribution in [2.45, 2.75) is 65.2 Å². The van der Waals surface area contributed by atoms with Gasteiger partial charge in [-0.05, 0) is 51.9 Å². The maximum absolute atomic E-state index is 13.6. The topological polar surface area (TPSA) is 92.1 Å². The Kier molecular flexibility index (Phi) is 5.81. The number of carbonyl (C=O) groups is 1. The molecule has 0 radical (unpaired) electrons. The summed E-state index contributed by atoms with van der Waals surface area (Å²) in [6.07, 6.45) is 3.06. The van der Waals surface area contributed by atoms with Crippen LogP contribution in [0.4, 0.5) is 11.6 Å². The van der Waals surface area contributed by atoms with Crippen LogP contribution in [0.2, 0.25) is 0 Å². The zero-order valence-electron chi connectivity index (χ0n) is 20.5.